The van der Waals surface area contributed by atoms with Crippen molar-refractivity contribution >= 4 is 51.6 Å². The lowest BCUT2D eigenvalue weighted by atomic mass is 10.2. The van der Waals surface area contributed by atoms with E-state index in [1.165, 1.54) is 5.69 Å². The van der Waals surface area contributed by atoms with Gasteiger partial charge in [0.2, 0.25) is 0 Å². The van der Waals surface area contributed by atoms with Crippen LogP contribution >= 0.6 is 39.9 Å². The molecule has 1 fully saturated rings. The molecule has 0 aliphatic carbocycles. The smallest absolute Gasteiger partial charge is 0.191 e. The predicted molar refractivity (Wildman–Crippen MR) is 130 cm³/mol. The van der Waals surface area contributed by atoms with E-state index in [0.717, 1.165) is 42.2 Å². The minimum Gasteiger partial charge on any atom is -0.468 e. The minimum atomic E-state index is 0. The molecule has 0 spiro atoms. The van der Waals surface area contributed by atoms with Crippen molar-refractivity contribution in [3.05, 3.63) is 52.9 Å². The first-order valence-electron chi connectivity index (χ1n) is 9.24. The maximum atomic E-state index is 5.58. The van der Waals surface area contributed by atoms with Crippen LogP contribution < -0.4 is 15.5 Å². The number of hydrogen-bond acceptors (Lipinski definition) is 4. The number of nitrogens with one attached hydrogen (secondary N) is 2. The summed E-state index contributed by atoms with van der Waals surface area (Å²) in [5.74, 6) is 1.78. The standard InChI is InChI=1S/C20H28BrN5O.HI/c1-22-20(23-13-18(25(2)3)19-5-4-12-27-19)24-16-10-11-26(14-16)17-8-6-15(21)7-9-17;/h4-9,12,16,18H,10-11,13-14H2,1-3H3,(H2,22,23,24);1H. The lowest BCUT2D eigenvalue weighted by Crippen LogP contribution is -2.46. The van der Waals surface area contributed by atoms with E-state index in [-0.39, 0.29) is 30.0 Å². The van der Waals surface area contributed by atoms with Gasteiger partial charge in [0.1, 0.15) is 5.76 Å². The number of halogens is 2. The van der Waals surface area contributed by atoms with Crippen LogP contribution in [0.5, 0.6) is 0 Å². The summed E-state index contributed by atoms with van der Waals surface area (Å²) in [7, 11) is 5.92. The number of anilines is 1. The summed E-state index contributed by atoms with van der Waals surface area (Å²) in [6, 6.07) is 13.0. The Morgan fingerprint density at radius 2 is 2.07 bits per heavy atom. The van der Waals surface area contributed by atoms with Crippen molar-refractivity contribution in [3.63, 3.8) is 0 Å². The lowest BCUT2D eigenvalue weighted by Gasteiger charge is -2.25. The molecule has 1 aromatic carbocycles. The van der Waals surface area contributed by atoms with Crippen molar-refractivity contribution in [3.8, 4) is 0 Å². The molecule has 6 nitrogen and oxygen atoms in total. The maximum absolute atomic E-state index is 5.58. The summed E-state index contributed by atoms with van der Waals surface area (Å²) < 4.78 is 6.68. The lowest BCUT2D eigenvalue weighted by molar-refractivity contribution is 0.258. The molecule has 1 saturated heterocycles. The molecule has 28 heavy (non-hydrogen) atoms. The number of guanidine groups is 1. The van der Waals surface area contributed by atoms with Crippen LogP contribution in [0.1, 0.15) is 18.2 Å². The van der Waals surface area contributed by atoms with Crippen LogP contribution in [0.25, 0.3) is 0 Å². The van der Waals surface area contributed by atoms with Crippen molar-refractivity contribution < 1.29 is 4.42 Å². The van der Waals surface area contributed by atoms with E-state index in [9.17, 15) is 0 Å². The van der Waals surface area contributed by atoms with Gasteiger partial charge in [0, 0.05) is 42.9 Å². The molecule has 0 amide bonds. The second kappa shape index (κ2) is 11.1. The van der Waals surface area contributed by atoms with Crippen LogP contribution in [-0.2, 0) is 0 Å². The fraction of sp³-hybridized carbons (Fsp3) is 0.450. The van der Waals surface area contributed by atoms with Crippen LogP contribution in [0, 0.1) is 0 Å². The van der Waals surface area contributed by atoms with Gasteiger partial charge in [-0.3, -0.25) is 9.89 Å². The molecule has 0 radical (unpaired) electrons. The highest BCUT2D eigenvalue weighted by Gasteiger charge is 2.24. The first-order chi connectivity index (χ1) is 13.1. The molecule has 2 heterocycles. The Balaban J connectivity index is 0.00000280. The Bertz CT molecular complexity index is 736. The van der Waals surface area contributed by atoms with Crippen molar-refractivity contribution in [1.82, 2.24) is 15.5 Å². The third-order valence-electron chi connectivity index (χ3n) is 4.90. The minimum absolute atomic E-state index is 0. The Hall–Kier alpha value is -1.26. The fourth-order valence-corrected chi connectivity index (χ4v) is 3.63. The highest BCUT2D eigenvalue weighted by atomic mass is 127. The van der Waals surface area contributed by atoms with E-state index in [2.05, 4.69) is 79.7 Å². The first-order valence-corrected chi connectivity index (χ1v) is 10.0. The van der Waals surface area contributed by atoms with Gasteiger partial charge in [-0.05, 0) is 56.9 Å². The molecule has 2 atom stereocenters. The quantitative estimate of drug-likeness (QED) is 0.320. The second-order valence-electron chi connectivity index (χ2n) is 7.00. The van der Waals surface area contributed by atoms with Gasteiger partial charge in [0.15, 0.2) is 5.96 Å². The molecule has 154 valence electrons. The summed E-state index contributed by atoms with van der Waals surface area (Å²) in [5.41, 5.74) is 1.26. The van der Waals surface area contributed by atoms with Crippen LogP contribution in [0.15, 0.2) is 56.5 Å². The molecule has 3 rings (SSSR count). The van der Waals surface area contributed by atoms with Gasteiger partial charge in [0.05, 0.1) is 12.3 Å². The molecule has 0 bridgehead atoms. The summed E-state index contributed by atoms with van der Waals surface area (Å²) in [4.78, 5) is 8.94. The highest BCUT2D eigenvalue weighted by Crippen LogP contribution is 2.22. The third-order valence-corrected chi connectivity index (χ3v) is 5.43. The normalized spacial score (nSPS) is 18.1. The SMILES string of the molecule is CN=C(NCC(c1ccco1)N(C)C)NC1CCN(c2ccc(Br)cc2)C1.I. The van der Waals surface area contributed by atoms with Crippen molar-refractivity contribution in [2.45, 2.75) is 18.5 Å². The molecule has 1 aliphatic heterocycles. The number of hydrogen-bond donors (Lipinski definition) is 2. The van der Waals surface area contributed by atoms with E-state index in [0.29, 0.717) is 6.04 Å². The van der Waals surface area contributed by atoms with Crippen LogP contribution in [0.2, 0.25) is 0 Å². The van der Waals surface area contributed by atoms with Gasteiger partial charge in [-0.25, -0.2) is 0 Å². The van der Waals surface area contributed by atoms with Gasteiger partial charge in [-0.15, -0.1) is 24.0 Å². The molecular weight excluding hydrogens is 533 g/mol. The van der Waals surface area contributed by atoms with E-state index >= 15 is 0 Å². The average Bonchev–Trinajstić information content (AvgIpc) is 3.33. The van der Waals surface area contributed by atoms with Gasteiger partial charge >= 0.3 is 0 Å². The molecule has 2 aromatic rings. The molecule has 0 saturated carbocycles. The zero-order valence-corrected chi connectivity index (χ0v) is 20.5. The molecular formula is C20H29BrIN5O. The molecule has 1 aromatic heterocycles. The van der Waals surface area contributed by atoms with Crippen molar-refractivity contribution in [2.24, 2.45) is 4.99 Å². The largest absolute Gasteiger partial charge is 0.468 e. The summed E-state index contributed by atoms with van der Waals surface area (Å²) in [6.07, 6.45) is 2.81. The number of furan rings is 1. The number of benzene rings is 1. The molecule has 8 heteroatoms. The second-order valence-corrected chi connectivity index (χ2v) is 7.92. The van der Waals surface area contributed by atoms with Crippen LogP contribution in [0.3, 0.4) is 0 Å². The third kappa shape index (κ3) is 6.12. The zero-order valence-electron chi connectivity index (χ0n) is 16.6. The van der Waals surface area contributed by atoms with E-state index in [1.54, 1.807) is 6.26 Å². The Morgan fingerprint density at radius 1 is 1.32 bits per heavy atom. The van der Waals surface area contributed by atoms with Crippen molar-refractivity contribution in [2.75, 3.05) is 45.7 Å². The van der Waals surface area contributed by atoms with Crippen molar-refractivity contribution in [1.29, 1.82) is 0 Å². The molecule has 2 N–H and O–H groups in total. The number of likely N-dealkylation sites (N-methyl/N-ethyl adjacent to an activating group) is 1. The number of rotatable bonds is 6. The number of nitrogens with zero attached hydrogens (tertiary/aromatic N) is 3. The van der Waals surface area contributed by atoms with Crippen LogP contribution in [-0.4, -0.2) is 57.7 Å². The van der Waals surface area contributed by atoms with Gasteiger partial charge in [-0.1, -0.05) is 15.9 Å². The molecule has 1 aliphatic rings. The Labute approximate surface area is 192 Å². The average molecular weight is 562 g/mol. The summed E-state index contributed by atoms with van der Waals surface area (Å²) in [6.45, 7) is 2.74. The van der Waals surface area contributed by atoms with Gasteiger partial charge < -0.3 is 20.0 Å². The van der Waals surface area contributed by atoms with Gasteiger partial charge in [0.25, 0.3) is 0 Å². The van der Waals surface area contributed by atoms with Gasteiger partial charge in [-0.2, -0.15) is 0 Å². The maximum Gasteiger partial charge on any atom is 0.191 e. The first kappa shape index (κ1) is 23.0. The Kier molecular flexibility index (Phi) is 9.10. The number of aliphatic imine (C=N–C) groups is 1. The molecule has 2 unspecified atom stereocenters. The van der Waals surface area contributed by atoms with E-state index in [1.807, 2.05) is 19.2 Å². The fourth-order valence-electron chi connectivity index (χ4n) is 3.36. The summed E-state index contributed by atoms with van der Waals surface area (Å²) >= 11 is 3.50. The van der Waals surface area contributed by atoms with E-state index in [4.69, 9.17) is 4.42 Å². The topological polar surface area (TPSA) is 56.0 Å². The highest BCUT2D eigenvalue weighted by molar-refractivity contribution is 14.0. The van der Waals surface area contributed by atoms with E-state index < -0.39 is 0 Å². The predicted octanol–water partition coefficient (Wildman–Crippen LogP) is 3.71. The monoisotopic (exact) mass is 561 g/mol. The van der Waals surface area contributed by atoms with Crippen LogP contribution in [0.4, 0.5) is 5.69 Å². The summed E-state index contributed by atoms with van der Waals surface area (Å²) in [5, 5.41) is 7.00. The Morgan fingerprint density at radius 3 is 2.68 bits per heavy atom. The zero-order chi connectivity index (χ0) is 19.2.